The van der Waals surface area contributed by atoms with E-state index in [1.54, 1.807) is 10.9 Å². The molecular weight excluding hydrogens is 266 g/mol. The molecule has 1 unspecified atom stereocenters. The summed E-state index contributed by atoms with van der Waals surface area (Å²) >= 11 is 5.29. The zero-order valence-electron chi connectivity index (χ0n) is 9.17. The van der Waals surface area contributed by atoms with Crippen molar-refractivity contribution >= 4 is 27.3 Å². The van der Waals surface area contributed by atoms with Crippen LogP contribution in [0.25, 0.3) is 0 Å². The second-order valence-electron chi connectivity index (χ2n) is 3.91. The van der Waals surface area contributed by atoms with E-state index in [2.05, 4.69) is 9.82 Å². The van der Waals surface area contributed by atoms with Gasteiger partial charge in [0.15, 0.2) is 0 Å². The second-order valence-corrected chi connectivity index (χ2v) is 6.22. The number of hydrogen-bond donors (Lipinski definition) is 1. The summed E-state index contributed by atoms with van der Waals surface area (Å²) in [4.78, 5) is 0. The van der Waals surface area contributed by atoms with Crippen LogP contribution in [0.2, 0.25) is 0 Å². The highest BCUT2D eigenvalue weighted by Gasteiger charge is 2.17. The molecule has 0 aromatic carbocycles. The van der Waals surface area contributed by atoms with Crippen LogP contribution >= 0.6 is 11.6 Å². The summed E-state index contributed by atoms with van der Waals surface area (Å²) in [6.07, 6.45) is 5.35. The highest BCUT2D eigenvalue weighted by Crippen LogP contribution is 2.15. The lowest BCUT2D eigenvalue weighted by Crippen LogP contribution is -2.15. The second kappa shape index (κ2) is 5.24. The third-order valence-corrected chi connectivity index (χ3v) is 4.16. The van der Waals surface area contributed by atoms with Crippen LogP contribution < -0.4 is 4.72 Å². The molecule has 17 heavy (non-hydrogen) atoms. The number of hydrogen-bond acceptors (Lipinski definition) is 4. The van der Waals surface area contributed by atoms with Gasteiger partial charge in [-0.2, -0.15) is 5.10 Å². The third kappa shape index (κ3) is 3.58. The molecule has 6 nitrogen and oxygen atoms in total. The normalized spacial score (nSPS) is 20.6. The highest BCUT2D eigenvalue weighted by molar-refractivity contribution is 7.93. The minimum atomic E-state index is -3.46. The smallest absolute Gasteiger partial charge is 0.246 e. The predicted molar refractivity (Wildman–Crippen MR) is 64.5 cm³/mol. The van der Waals surface area contributed by atoms with Crippen molar-refractivity contribution in [1.29, 1.82) is 0 Å². The zero-order valence-corrected chi connectivity index (χ0v) is 10.7. The Morgan fingerprint density at radius 1 is 1.65 bits per heavy atom. The first-order chi connectivity index (χ1) is 8.09. The number of sulfonamides is 1. The summed E-state index contributed by atoms with van der Waals surface area (Å²) in [6.45, 7) is 1.43. The number of nitrogens with one attached hydrogen (secondary N) is 1. The summed E-state index contributed by atoms with van der Waals surface area (Å²) in [5, 5.41) is 3.60. The monoisotopic (exact) mass is 279 g/mol. The molecule has 2 rings (SSSR count). The van der Waals surface area contributed by atoms with Gasteiger partial charge in [-0.15, -0.1) is 11.6 Å². The Morgan fingerprint density at radius 3 is 3.12 bits per heavy atom. The topological polar surface area (TPSA) is 73.2 Å². The molecule has 1 aromatic heterocycles. The lowest BCUT2D eigenvalue weighted by atomic mass is 10.2. The van der Waals surface area contributed by atoms with E-state index in [4.69, 9.17) is 16.3 Å². The van der Waals surface area contributed by atoms with Gasteiger partial charge in [-0.25, -0.2) is 8.42 Å². The van der Waals surface area contributed by atoms with Crippen molar-refractivity contribution in [3.8, 4) is 0 Å². The molecule has 1 aromatic rings. The first kappa shape index (κ1) is 12.7. The average Bonchev–Trinajstić information content (AvgIpc) is 2.91. The van der Waals surface area contributed by atoms with Gasteiger partial charge in [0, 0.05) is 12.8 Å². The Balaban J connectivity index is 1.96. The van der Waals surface area contributed by atoms with Gasteiger partial charge >= 0.3 is 0 Å². The Morgan fingerprint density at radius 2 is 2.47 bits per heavy atom. The summed E-state index contributed by atoms with van der Waals surface area (Å²) in [5.74, 6) is 0. The Bertz CT molecular complexity index is 468. The maximum Gasteiger partial charge on any atom is 0.246 e. The molecule has 8 heteroatoms. The summed E-state index contributed by atoms with van der Waals surface area (Å²) in [6, 6.07) is 0. The quantitative estimate of drug-likeness (QED) is 0.816. The molecule has 0 saturated carbocycles. The molecule has 1 atom stereocenters. The van der Waals surface area contributed by atoms with Gasteiger partial charge in [0.1, 0.15) is 5.21 Å². The van der Waals surface area contributed by atoms with Crippen molar-refractivity contribution in [2.45, 2.75) is 25.5 Å². The van der Waals surface area contributed by atoms with Crippen molar-refractivity contribution in [3.63, 3.8) is 0 Å². The van der Waals surface area contributed by atoms with Gasteiger partial charge in [0.25, 0.3) is 0 Å². The molecule has 1 saturated heterocycles. The predicted octanol–water partition coefficient (Wildman–Crippen LogP) is 1.00. The minimum absolute atomic E-state index is 0.174. The summed E-state index contributed by atoms with van der Waals surface area (Å²) < 4.78 is 31.9. The van der Waals surface area contributed by atoms with Gasteiger partial charge in [0.2, 0.25) is 10.0 Å². The fourth-order valence-corrected chi connectivity index (χ4v) is 2.40. The maximum absolute atomic E-state index is 11.2. The van der Waals surface area contributed by atoms with E-state index in [9.17, 15) is 8.42 Å². The number of anilines is 1. The number of alkyl halides is 1. The molecule has 0 amide bonds. The van der Waals surface area contributed by atoms with Crippen molar-refractivity contribution in [2.75, 3.05) is 16.5 Å². The number of ether oxygens (including phenoxy) is 1. The van der Waals surface area contributed by atoms with Gasteiger partial charge in [-0.1, -0.05) is 0 Å². The van der Waals surface area contributed by atoms with Crippen LogP contribution in [0.3, 0.4) is 0 Å². The summed E-state index contributed by atoms with van der Waals surface area (Å²) in [7, 11) is -3.46. The number of nitrogens with zero attached hydrogens (tertiary/aromatic N) is 2. The van der Waals surface area contributed by atoms with Crippen LogP contribution in [0.15, 0.2) is 12.4 Å². The molecule has 96 valence electrons. The number of halogens is 1. The zero-order chi connectivity index (χ0) is 12.3. The van der Waals surface area contributed by atoms with Crippen LogP contribution in [0.1, 0.15) is 12.8 Å². The van der Waals surface area contributed by atoms with E-state index in [1.165, 1.54) is 6.20 Å². The van der Waals surface area contributed by atoms with Crippen molar-refractivity contribution < 1.29 is 13.2 Å². The number of rotatable bonds is 5. The average molecular weight is 280 g/mol. The van der Waals surface area contributed by atoms with E-state index in [0.717, 1.165) is 19.4 Å². The van der Waals surface area contributed by atoms with Gasteiger partial charge in [-0.3, -0.25) is 9.40 Å². The first-order valence-electron chi connectivity index (χ1n) is 5.29. The molecule has 1 aliphatic heterocycles. The Hall–Kier alpha value is -0.790. The third-order valence-electron chi connectivity index (χ3n) is 2.46. The molecule has 0 bridgehead atoms. The van der Waals surface area contributed by atoms with Crippen LogP contribution in [0.5, 0.6) is 0 Å². The Labute approximate surface area is 105 Å². The fraction of sp³-hybridized carbons (Fsp3) is 0.667. The van der Waals surface area contributed by atoms with Crippen LogP contribution in [0, 0.1) is 0 Å². The van der Waals surface area contributed by atoms with Crippen LogP contribution in [-0.2, 0) is 21.3 Å². The fourth-order valence-electron chi connectivity index (χ4n) is 1.72. The molecule has 1 N–H and O–H groups in total. The molecule has 1 fully saturated rings. The molecule has 0 aliphatic carbocycles. The van der Waals surface area contributed by atoms with E-state index in [-0.39, 0.29) is 6.10 Å². The van der Waals surface area contributed by atoms with Crippen molar-refractivity contribution in [1.82, 2.24) is 9.78 Å². The molecular formula is C9H14ClN3O3S. The number of aromatic nitrogens is 2. The van der Waals surface area contributed by atoms with Gasteiger partial charge < -0.3 is 4.74 Å². The molecule has 0 radical (unpaired) electrons. The lowest BCUT2D eigenvalue weighted by molar-refractivity contribution is 0.0940. The summed E-state index contributed by atoms with van der Waals surface area (Å²) in [5.41, 5.74) is 0.420. The van der Waals surface area contributed by atoms with Crippen molar-refractivity contribution in [3.05, 3.63) is 12.4 Å². The maximum atomic E-state index is 11.2. The van der Waals surface area contributed by atoms with E-state index in [0.29, 0.717) is 12.2 Å². The van der Waals surface area contributed by atoms with Gasteiger partial charge in [0.05, 0.1) is 24.5 Å². The molecule has 2 heterocycles. The van der Waals surface area contributed by atoms with Crippen LogP contribution in [0.4, 0.5) is 5.69 Å². The lowest BCUT2D eigenvalue weighted by Gasteiger charge is -2.08. The first-order valence-corrected chi connectivity index (χ1v) is 7.48. The highest BCUT2D eigenvalue weighted by atomic mass is 35.5. The molecule has 0 spiro atoms. The van der Waals surface area contributed by atoms with Crippen LogP contribution in [-0.4, -0.2) is 36.1 Å². The van der Waals surface area contributed by atoms with E-state index >= 15 is 0 Å². The van der Waals surface area contributed by atoms with E-state index in [1.807, 2.05) is 0 Å². The van der Waals surface area contributed by atoms with E-state index < -0.39 is 15.2 Å². The van der Waals surface area contributed by atoms with Gasteiger partial charge in [-0.05, 0) is 12.8 Å². The Kier molecular flexibility index (Phi) is 3.90. The SMILES string of the molecule is O=S(=O)(CCl)Nc1cnn(CC2CCCO2)c1. The standard InChI is InChI=1S/C9H14ClN3O3S/c10-7-17(14,15)12-8-4-11-13(5-8)6-9-2-1-3-16-9/h4-5,9,12H,1-3,6-7H2. The minimum Gasteiger partial charge on any atom is -0.376 e. The largest absolute Gasteiger partial charge is 0.376 e. The van der Waals surface area contributed by atoms with Crippen molar-refractivity contribution in [2.24, 2.45) is 0 Å². The molecule has 1 aliphatic rings.